The summed E-state index contributed by atoms with van der Waals surface area (Å²) in [5.41, 5.74) is 1.05. The maximum Gasteiger partial charge on any atom is 0.207 e. The van der Waals surface area contributed by atoms with E-state index in [1.165, 1.54) is 0 Å². The lowest BCUT2D eigenvalue weighted by atomic mass is 10.4. The van der Waals surface area contributed by atoms with E-state index in [-0.39, 0.29) is 0 Å². The van der Waals surface area contributed by atoms with E-state index in [9.17, 15) is 0 Å². The van der Waals surface area contributed by atoms with Crippen LogP contribution in [0, 0.1) is 0 Å². The molecule has 72 valence electrons. The van der Waals surface area contributed by atoms with Crippen molar-refractivity contribution in [3.8, 4) is 0 Å². The number of nitrogens with zero attached hydrogens (tertiary/aromatic N) is 3. The third-order valence-electron chi connectivity index (χ3n) is 2.01. The summed E-state index contributed by atoms with van der Waals surface area (Å²) in [6.07, 6.45) is 7.15. The number of nitrogens with one attached hydrogen (secondary N) is 1. The molecule has 0 fully saturated rings. The van der Waals surface area contributed by atoms with Crippen LogP contribution in [0.3, 0.4) is 0 Å². The highest BCUT2D eigenvalue weighted by Crippen LogP contribution is 2.19. The molecule has 0 aliphatic carbocycles. The zero-order valence-electron chi connectivity index (χ0n) is 8.01. The molecule has 4 nitrogen and oxygen atoms in total. The van der Waals surface area contributed by atoms with Gasteiger partial charge in [0.15, 0.2) is 0 Å². The molecular weight excluding hydrogens is 176 g/mol. The third kappa shape index (κ3) is 1.59. The highest BCUT2D eigenvalue weighted by molar-refractivity contribution is 5.55. The second-order valence-corrected chi connectivity index (χ2v) is 2.87. The Balaban J connectivity index is 2.31. The first kappa shape index (κ1) is 8.74. The fraction of sp³-hybridized carbons (Fsp3) is 0.200. The molecule has 4 heteroatoms. The molecule has 2 heterocycles. The zero-order chi connectivity index (χ0) is 9.80. The van der Waals surface area contributed by atoms with Gasteiger partial charge in [0.1, 0.15) is 0 Å². The van der Waals surface area contributed by atoms with E-state index in [4.69, 9.17) is 0 Å². The van der Waals surface area contributed by atoms with Gasteiger partial charge in [-0.15, -0.1) is 0 Å². The van der Waals surface area contributed by atoms with Crippen molar-refractivity contribution in [2.45, 2.75) is 6.92 Å². The Morgan fingerprint density at radius 1 is 1.43 bits per heavy atom. The van der Waals surface area contributed by atoms with Gasteiger partial charge in [0.05, 0.1) is 11.9 Å². The molecule has 0 aromatic carbocycles. The van der Waals surface area contributed by atoms with Crippen LogP contribution in [0.1, 0.15) is 6.92 Å². The van der Waals surface area contributed by atoms with Gasteiger partial charge in [-0.2, -0.15) is 0 Å². The lowest BCUT2D eigenvalue weighted by molar-refractivity contribution is 0.964. The molecule has 0 radical (unpaired) electrons. The molecule has 0 aliphatic rings. The zero-order valence-corrected chi connectivity index (χ0v) is 8.01. The summed E-state index contributed by atoms with van der Waals surface area (Å²) in [5.74, 6) is 0.848. The Kier molecular flexibility index (Phi) is 2.44. The number of anilines is 2. The average Bonchev–Trinajstić information content (AvgIpc) is 2.74. The van der Waals surface area contributed by atoms with Gasteiger partial charge in [-0.05, 0) is 19.1 Å². The Morgan fingerprint density at radius 3 is 2.93 bits per heavy atom. The lowest BCUT2D eigenvalue weighted by Crippen LogP contribution is -2.17. The second kappa shape index (κ2) is 3.91. The molecule has 0 amide bonds. The molecule has 0 atom stereocenters. The average molecular weight is 188 g/mol. The molecule has 2 rings (SSSR count). The number of H-pyrrole nitrogens is 1. The van der Waals surface area contributed by atoms with Gasteiger partial charge in [0.25, 0.3) is 0 Å². The van der Waals surface area contributed by atoms with Crippen LogP contribution in [-0.4, -0.2) is 21.5 Å². The van der Waals surface area contributed by atoms with Crippen LogP contribution in [0.15, 0.2) is 36.9 Å². The van der Waals surface area contributed by atoms with Gasteiger partial charge in [-0.1, -0.05) is 0 Å². The van der Waals surface area contributed by atoms with Crippen molar-refractivity contribution >= 4 is 11.6 Å². The van der Waals surface area contributed by atoms with Crippen molar-refractivity contribution in [1.29, 1.82) is 0 Å². The Labute approximate surface area is 82.6 Å². The minimum absolute atomic E-state index is 0.848. The Hall–Kier alpha value is -1.84. The quantitative estimate of drug-likeness (QED) is 0.800. The normalized spacial score (nSPS) is 10.1. The lowest BCUT2D eigenvalue weighted by Gasteiger charge is -2.18. The molecule has 1 N–H and O–H groups in total. The molecule has 0 spiro atoms. The molecular formula is C10H12N4. The van der Waals surface area contributed by atoms with Crippen LogP contribution in [0.25, 0.3) is 0 Å². The van der Waals surface area contributed by atoms with E-state index in [0.717, 1.165) is 18.2 Å². The SMILES string of the molecule is CCN(c1cccnc1)c1ncc[nH]1. The van der Waals surface area contributed by atoms with Crippen LogP contribution in [0.5, 0.6) is 0 Å². The van der Waals surface area contributed by atoms with Gasteiger partial charge in [0, 0.05) is 25.1 Å². The van der Waals surface area contributed by atoms with Gasteiger partial charge in [0.2, 0.25) is 5.95 Å². The first-order chi connectivity index (χ1) is 6.92. The molecule has 2 aromatic rings. The molecule has 0 bridgehead atoms. The Bertz CT molecular complexity index is 368. The molecule has 0 aliphatic heterocycles. The van der Waals surface area contributed by atoms with Crippen molar-refractivity contribution < 1.29 is 0 Å². The fourth-order valence-electron chi connectivity index (χ4n) is 1.37. The predicted molar refractivity (Wildman–Crippen MR) is 55.5 cm³/mol. The summed E-state index contributed by atoms with van der Waals surface area (Å²) in [7, 11) is 0. The van der Waals surface area contributed by atoms with Gasteiger partial charge < -0.3 is 9.88 Å². The van der Waals surface area contributed by atoms with E-state index in [2.05, 4.69) is 26.8 Å². The van der Waals surface area contributed by atoms with Crippen molar-refractivity contribution in [3.05, 3.63) is 36.9 Å². The van der Waals surface area contributed by atoms with Gasteiger partial charge in [-0.25, -0.2) is 4.98 Å². The van der Waals surface area contributed by atoms with Crippen molar-refractivity contribution in [2.75, 3.05) is 11.4 Å². The summed E-state index contributed by atoms with van der Waals surface area (Å²) in [5, 5.41) is 0. The summed E-state index contributed by atoms with van der Waals surface area (Å²) < 4.78 is 0. The van der Waals surface area contributed by atoms with Crippen LogP contribution in [0.4, 0.5) is 11.6 Å². The van der Waals surface area contributed by atoms with Crippen molar-refractivity contribution in [2.24, 2.45) is 0 Å². The minimum Gasteiger partial charge on any atom is -0.331 e. The number of hydrogen-bond acceptors (Lipinski definition) is 3. The summed E-state index contributed by atoms with van der Waals surface area (Å²) in [4.78, 5) is 13.4. The third-order valence-corrected chi connectivity index (χ3v) is 2.01. The van der Waals surface area contributed by atoms with E-state index in [1.807, 2.05) is 24.5 Å². The maximum absolute atomic E-state index is 4.21. The number of rotatable bonds is 3. The molecule has 14 heavy (non-hydrogen) atoms. The second-order valence-electron chi connectivity index (χ2n) is 2.87. The van der Waals surface area contributed by atoms with E-state index in [1.54, 1.807) is 12.4 Å². The van der Waals surface area contributed by atoms with E-state index in [0.29, 0.717) is 0 Å². The molecule has 0 saturated carbocycles. The first-order valence-electron chi connectivity index (χ1n) is 4.58. The number of hydrogen-bond donors (Lipinski definition) is 1. The van der Waals surface area contributed by atoms with Crippen LogP contribution < -0.4 is 4.90 Å². The minimum atomic E-state index is 0.848. The smallest absolute Gasteiger partial charge is 0.207 e. The van der Waals surface area contributed by atoms with Gasteiger partial charge in [-0.3, -0.25) is 4.98 Å². The maximum atomic E-state index is 4.21. The van der Waals surface area contributed by atoms with E-state index >= 15 is 0 Å². The molecule has 0 saturated heterocycles. The number of aromatic nitrogens is 3. The van der Waals surface area contributed by atoms with Gasteiger partial charge >= 0.3 is 0 Å². The highest BCUT2D eigenvalue weighted by Gasteiger charge is 2.07. The largest absolute Gasteiger partial charge is 0.331 e. The number of pyridine rings is 1. The molecule has 2 aromatic heterocycles. The topological polar surface area (TPSA) is 44.8 Å². The molecule has 0 unspecified atom stereocenters. The predicted octanol–water partition coefficient (Wildman–Crippen LogP) is 1.96. The Morgan fingerprint density at radius 2 is 2.36 bits per heavy atom. The standard InChI is InChI=1S/C10H12N4/c1-2-14(10-12-6-7-13-10)9-4-3-5-11-8-9/h3-8H,2H2,1H3,(H,12,13). The van der Waals surface area contributed by atoms with Crippen molar-refractivity contribution in [1.82, 2.24) is 15.0 Å². The first-order valence-corrected chi connectivity index (χ1v) is 4.58. The van der Waals surface area contributed by atoms with E-state index < -0.39 is 0 Å². The number of imidazole rings is 1. The summed E-state index contributed by atoms with van der Waals surface area (Å²) >= 11 is 0. The highest BCUT2D eigenvalue weighted by atomic mass is 15.3. The van der Waals surface area contributed by atoms with Crippen LogP contribution in [0.2, 0.25) is 0 Å². The summed E-state index contributed by atoms with van der Waals surface area (Å²) in [6.45, 7) is 2.94. The summed E-state index contributed by atoms with van der Waals surface area (Å²) in [6, 6.07) is 3.93. The van der Waals surface area contributed by atoms with Crippen LogP contribution >= 0.6 is 0 Å². The number of aromatic amines is 1. The van der Waals surface area contributed by atoms with Crippen LogP contribution in [-0.2, 0) is 0 Å². The monoisotopic (exact) mass is 188 g/mol. The fourth-order valence-corrected chi connectivity index (χ4v) is 1.37. The van der Waals surface area contributed by atoms with Crippen molar-refractivity contribution in [3.63, 3.8) is 0 Å².